The number of fused-ring (bicyclic) bond motifs is 1. The second-order valence-corrected chi connectivity index (χ2v) is 9.76. The first-order chi connectivity index (χ1) is 17.9. The molecule has 0 aliphatic heterocycles. The molecule has 37 heavy (non-hydrogen) atoms. The molecule has 2 heterocycles. The summed E-state index contributed by atoms with van der Waals surface area (Å²) in [7, 11) is 0. The first-order valence-electron chi connectivity index (χ1n) is 12.1. The number of pyridine rings is 1. The Hall–Kier alpha value is -4.16. The number of hydrogen-bond donors (Lipinski definition) is 1. The quantitative estimate of drug-likeness (QED) is 0.244. The first-order valence-corrected chi connectivity index (χ1v) is 12.4. The van der Waals surface area contributed by atoms with E-state index in [9.17, 15) is 9.90 Å². The van der Waals surface area contributed by atoms with E-state index in [1.165, 1.54) is 0 Å². The van der Waals surface area contributed by atoms with Crippen LogP contribution in [-0.4, -0.2) is 21.2 Å². The molecule has 0 spiro atoms. The van der Waals surface area contributed by atoms with Crippen LogP contribution in [0.25, 0.3) is 33.5 Å². The monoisotopic (exact) mass is 510 g/mol. The van der Waals surface area contributed by atoms with Crippen molar-refractivity contribution in [2.24, 2.45) is 0 Å². The van der Waals surface area contributed by atoms with Crippen LogP contribution in [0.15, 0.2) is 89.5 Å². The number of rotatable bonds is 7. The molecule has 3 aromatic carbocycles. The van der Waals surface area contributed by atoms with Crippen molar-refractivity contribution in [2.45, 2.75) is 31.3 Å². The average molecular weight is 511 g/mol. The minimum absolute atomic E-state index is 0.280. The highest BCUT2D eigenvalue weighted by atomic mass is 35.5. The van der Waals surface area contributed by atoms with Gasteiger partial charge in [0, 0.05) is 22.2 Å². The summed E-state index contributed by atoms with van der Waals surface area (Å²) in [5, 5.41) is 14.3. The lowest BCUT2D eigenvalue weighted by molar-refractivity contribution is -0.140. The van der Waals surface area contributed by atoms with Crippen LogP contribution in [0.2, 0.25) is 5.02 Å². The minimum atomic E-state index is -0.746. The molecule has 1 saturated carbocycles. The van der Waals surface area contributed by atoms with Crippen molar-refractivity contribution in [3.8, 4) is 28.3 Å². The number of benzene rings is 3. The number of nitrogens with zero attached hydrogens (tertiary/aromatic N) is 2. The molecule has 0 unspecified atom stereocenters. The Morgan fingerprint density at radius 1 is 0.946 bits per heavy atom. The minimum Gasteiger partial charge on any atom is -0.481 e. The van der Waals surface area contributed by atoms with Crippen LogP contribution in [-0.2, 0) is 10.2 Å². The van der Waals surface area contributed by atoms with Gasteiger partial charge in [-0.3, -0.25) is 4.79 Å². The lowest BCUT2D eigenvalue weighted by atomic mass is 9.93. The number of aliphatic carboxylic acids is 1. The predicted octanol–water partition coefficient (Wildman–Crippen LogP) is 7.47. The molecular formula is C30H23ClN2O4. The van der Waals surface area contributed by atoms with Crippen LogP contribution in [0.4, 0.5) is 0 Å². The van der Waals surface area contributed by atoms with Crippen molar-refractivity contribution in [1.82, 2.24) is 10.1 Å². The zero-order chi connectivity index (χ0) is 25.6. The SMILES string of the molecule is C[C@@H](Oc1ccc2noc(-c3ccc(-c4ccc(C5(C(=O)O)CC5)cc4)cc3)c2n1)c1ccccc1Cl. The highest BCUT2D eigenvalue weighted by Gasteiger charge is 2.51. The molecular weight excluding hydrogens is 488 g/mol. The molecule has 1 N–H and O–H groups in total. The molecule has 0 radical (unpaired) electrons. The Labute approximate surface area is 218 Å². The van der Waals surface area contributed by atoms with Crippen LogP contribution in [0.3, 0.4) is 0 Å². The Morgan fingerprint density at radius 3 is 2.24 bits per heavy atom. The van der Waals surface area contributed by atoms with Gasteiger partial charge in [-0.2, -0.15) is 0 Å². The van der Waals surface area contributed by atoms with E-state index < -0.39 is 11.4 Å². The van der Waals surface area contributed by atoms with E-state index in [1.807, 2.05) is 85.8 Å². The lowest BCUT2D eigenvalue weighted by Gasteiger charge is -2.15. The molecule has 0 amide bonds. The molecule has 2 aromatic heterocycles. The van der Waals surface area contributed by atoms with Crippen LogP contribution in [0.1, 0.15) is 37.0 Å². The third-order valence-electron chi connectivity index (χ3n) is 7.02. The normalized spacial score (nSPS) is 14.9. The second kappa shape index (κ2) is 9.05. The highest BCUT2D eigenvalue weighted by molar-refractivity contribution is 6.31. The fourth-order valence-electron chi connectivity index (χ4n) is 4.66. The summed E-state index contributed by atoms with van der Waals surface area (Å²) in [6.45, 7) is 1.93. The summed E-state index contributed by atoms with van der Waals surface area (Å²) in [5.74, 6) is 0.269. The molecule has 1 aliphatic carbocycles. The van der Waals surface area contributed by atoms with Gasteiger partial charge in [-0.1, -0.05) is 83.5 Å². The van der Waals surface area contributed by atoms with Crippen molar-refractivity contribution in [3.63, 3.8) is 0 Å². The van der Waals surface area contributed by atoms with Crippen LogP contribution >= 0.6 is 11.6 Å². The van der Waals surface area contributed by atoms with Crippen molar-refractivity contribution in [2.75, 3.05) is 0 Å². The van der Waals surface area contributed by atoms with E-state index in [2.05, 4.69) is 10.1 Å². The van der Waals surface area contributed by atoms with E-state index in [-0.39, 0.29) is 6.10 Å². The summed E-state index contributed by atoms with van der Waals surface area (Å²) >= 11 is 6.32. The summed E-state index contributed by atoms with van der Waals surface area (Å²) in [5.41, 5.74) is 5.18. The highest BCUT2D eigenvalue weighted by Crippen LogP contribution is 2.48. The van der Waals surface area contributed by atoms with Gasteiger partial charge in [-0.15, -0.1) is 0 Å². The molecule has 1 fully saturated rings. The van der Waals surface area contributed by atoms with Crippen molar-refractivity contribution in [3.05, 3.63) is 101 Å². The molecule has 184 valence electrons. The van der Waals surface area contributed by atoms with Gasteiger partial charge in [0.25, 0.3) is 0 Å². The number of carboxylic acids is 1. The zero-order valence-electron chi connectivity index (χ0n) is 20.0. The van der Waals surface area contributed by atoms with Crippen LogP contribution in [0.5, 0.6) is 5.88 Å². The Balaban J connectivity index is 1.24. The molecule has 6 rings (SSSR count). The fourth-order valence-corrected chi connectivity index (χ4v) is 4.95. The van der Waals surface area contributed by atoms with Gasteiger partial charge in [0.2, 0.25) is 5.88 Å². The topological polar surface area (TPSA) is 85.5 Å². The van der Waals surface area contributed by atoms with Crippen molar-refractivity contribution < 1.29 is 19.2 Å². The van der Waals surface area contributed by atoms with Crippen molar-refractivity contribution in [1.29, 1.82) is 0 Å². The second-order valence-electron chi connectivity index (χ2n) is 9.35. The van der Waals surface area contributed by atoms with Gasteiger partial charge in [0.1, 0.15) is 17.1 Å². The van der Waals surface area contributed by atoms with E-state index in [4.69, 9.17) is 20.9 Å². The number of carboxylic acid groups (broad SMARTS) is 1. The van der Waals surface area contributed by atoms with Gasteiger partial charge in [-0.05, 0) is 48.6 Å². The smallest absolute Gasteiger partial charge is 0.314 e. The zero-order valence-corrected chi connectivity index (χ0v) is 20.8. The molecule has 0 saturated heterocycles. The Morgan fingerprint density at radius 2 is 1.59 bits per heavy atom. The summed E-state index contributed by atoms with van der Waals surface area (Å²) < 4.78 is 11.7. The molecule has 1 aliphatic rings. The summed E-state index contributed by atoms with van der Waals surface area (Å²) in [6.07, 6.45) is 1.11. The van der Waals surface area contributed by atoms with Gasteiger partial charge in [-0.25, -0.2) is 4.98 Å². The number of carbonyl (C=O) groups is 1. The van der Waals surface area contributed by atoms with E-state index in [0.29, 0.717) is 40.5 Å². The summed E-state index contributed by atoms with van der Waals surface area (Å²) in [4.78, 5) is 16.3. The van der Waals surface area contributed by atoms with Gasteiger partial charge >= 0.3 is 5.97 Å². The lowest BCUT2D eigenvalue weighted by Crippen LogP contribution is -2.19. The van der Waals surface area contributed by atoms with Crippen molar-refractivity contribution >= 4 is 28.6 Å². The predicted molar refractivity (Wildman–Crippen MR) is 142 cm³/mol. The summed E-state index contributed by atoms with van der Waals surface area (Å²) in [6, 6.07) is 26.9. The molecule has 0 bridgehead atoms. The van der Waals surface area contributed by atoms with E-state index in [1.54, 1.807) is 6.07 Å². The molecule has 6 nitrogen and oxygen atoms in total. The molecule has 1 atom stereocenters. The molecule has 7 heteroatoms. The maximum Gasteiger partial charge on any atom is 0.314 e. The third-order valence-corrected chi connectivity index (χ3v) is 7.36. The maximum atomic E-state index is 11.6. The largest absolute Gasteiger partial charge is 0.481 e. The fraction of sp³-hybridized carbons (Fsp3) is 0.167. The standard InChI is InChI=1S/C30H23ClN2O4/c1-18(23-4-2-3-5-24(23)31)36-26-15-14-25-27(32-26)28(37-33-25)21-8-6-19(7-9-21)20-10-12-22(13-11-20)30(16-17-30)29(34)35/h2-15,18H,16-17H2,1H3,(H,34,35)/t18-/m1/s1. The number of aromatic nitrogens is 2. The third kappa shape index (κ3) is 4.23. The number of halogens is 1. The first kappa shape index (κ1) is 23.3. The maximum absolute atomic E-state index is 11.6. The van der Waals surface area contributed by atoms with E-state index >= 15 is 0 Å². The van der Waals surface area contributed by atoms with Crippen LogP contribution < -0.4 is 4.74 Å². The van der Waals surface area contributed by atoms with Gasteiger partial charge in [0.05, 0.1) is 5.41 Å². The van der Waals surface area contributed by atoms with Crippen LogP contribution in [0, 0.1) is 0 Å². The molecule has 5 aromatic rings. The Kier molecular flexibility index (Phi) is 5.69. The van der Waals surface area contributed by atoms with E-state index in [0.717, 1.165) is 27.8 Å². The number of ether oxygens (including phenoxy) is 1. The van der Waals surface area contributed by atoms with Gasteiger partial charge in [0.15, 0.2) is 5.76 Å². The Bertz CT molecular complexity index is 1610. The van der Waals surface area contributed by atoms with Gasteiger partial charge < -0.3 is 14.4 Å². The number of hydrogen-bond acceptors (Lipinski definition) is 5. The average Bonchev–Trinajstić information content (AvgIpc) is 3.63.